The topological polar surface area (TPSA) is 47.0 Å². The minimum atomic E-state index is -2.83. The van der Waals surface area contributed by atoms with Gasteiger partial charge in [-0.1, -0.05) is 24.3 Å². The number of hydrogen-bond acceptors (Lipinski definition) is 4. The maximum atomic E-state index is 12.1. The van der Waals surface area contributed by atoms with Gasteiger partial charge in [-0.05, 0) is 31.2 Å². The molecule has 0 radical (unpaired) electrons. The maximum Gasteiger partial charge on any atom is 0.387 e. The first-order chi connectivity index (χ1) is 10.6. The van der Waals surface area contributed by atoms with E-state index in [4.69, 9.17) is 0 Å². The molecule has 0 unspecified atom stereocenters. The molecule has 0 bridgehead atoms. The second-order valence-electron chi connectivity index (χ2n) is 4.71. The van der Waals surface area contributed by atoms with Crippen molar-refractivity contribution in [3.63, 3.8) is 0 Å². The van der Waals surface area contributed by atoms with E-state index in [1.807, 2.05) is 31.2 Å². The van der Waals surface area contributed by atoms with Crippen LogP contribution >= 0.6 is 0 Å². The zero-order valence-electron chi connectivity index (χ0n) is 11.8. The fraction of sp³-hybridized carbons (Fsp3) is 0.125. The van der Waals surface area contributed by atoms with Crippen molar-refractivity contribution in [2.75, 3.05) is 5.32 Å². The van der Waals surface area contributed by atoms with Gasteiger partial charge in [0.1, 0.15) is 5.75 Å². The van der Waals surface area contributed by atoms with Gasteiger partial charge < -0.3 is 10.1 Å². The molecule has 3 aromatic rings. The second-order valence-corrected chi connectivity index (χ2v) is 4.71. The molecule has 0 spiro atoms. The number of ether oxygens (including phenoxy) is 1. The van der Waals surface area contributed by atoms with Crippen molar-refractivity contribution < 1.29 is 13.5 Å². The van der Waals surface area contributed by atoms with Crippen LogP contribution in [-0.4, -0.2) is 16.8 Å². The van der Waals surface area contributed by atoms with Crippen molar-refractivity contribution in [3.05, 3.63) is 54.2 Å². The van der Waals surface area contributed by atoms with Crippen LogP contribution in [-0.2, 0) is 0 Å². The van der Waals surface area contributed by atoms with Crippen LogP contribution in [0.3, 0.4) is 0 Å². The molecule has 0 saturated carbocycles. The Morgan fingerprint density at radius 2 is 1.64 bits per heavy atom. The van der Waals surface area contributed by atoms with Gasteiger partial charge in [-0.25, -0.2) is 0 Å². The SMILES string of the molecule is Cc1nnc(Nc2ccc(OC(F)F)cc2)c2ccccc12. The van der Waals surface area contributed by atoms with Crippen LogP contribution in [0, 0.1) is 6.92 Å². The molecule has 1 heterocycles. The lowest BCUT2D eigenvalue weighted by Gasteiger charge is -2.10. The molecule has 4 nitrogen and oxygen atoms in total. The number of fused-ring (bicyclic) bond motifs is 1. The van der Waals surface area contributed by atoms with Crippen LogP contribution in [0.25, 0.3) is 10.8 Å². The van der Waals surface area contributed by atoms with Gasteiger partial charge in [-0.3, -0.25) is 0 Å². The Hall–Kier alpha value is -2.76. The van der Waals surface area contributed by atoms with Crippen LogP contribution in [0.2, 0.25) is 0 Å². The molecule has 6 heteroatoms. The van der Waals surface area contributed by atoms with Gasteiger partial charge in [-0.2, -0.15) is 13.9 Å². The molecule has 0 fully saturated rings. The molecule has 0 saturated heterocycles. The fourth-order valence-corrected chi connectivity index (χ4v) is 2.19. The van der Waals surface area contributed by atoms with E-state index in [1.165, 1.54) is 12.1 Å². The number of aromatic nitrogens is 2. The van der Waals surface area contributed by atoms with Gasteiger partial charge in [0.2, 0.25) is 0 Å². The Bertz CT molecular complexity index is 791. The van der Waals surface area contributed by atoms with E-state index in [2.05, 4.69) is 20.3 Å². The van der Waals surface area contributed by atoms with Gasteiger partial charge in [0.15, 0.2) is 5.82 Å². The van der Waals surface area contributed by atoms with Crippen LogP contribution in [0.15, 0.2) is 48.5 Å². The molecule has 22 heavy (non-hydrogen) atoms. The van der Waals surface area contributed by atoms with Crippen LogP contribution in [0.4, 0.5) is 20.3 Å². The van der Waals surface area contributed by atoms with Crippen molar-refractivity contribution in [2.24, 2.45) is 0 Å². The van der Waals surface area contributed by atoms with Gasteiger partial charge in [0.25, 0.3) is 0 Å². The third kappa shape index (κ3) is 2.95. The molecule has 1 N–H and O–H groups in total. The van der Waals surface area contributed by atoms with Crippen LogP contribution in [0.5, 0.6) is 5.75 Å². The Kier molecular flexibility index (Phi) is 3.82. The first kappa shape index (κ1) is 14.2. The third-order valence-electron chi connectivity index (χ3n) is 3.21. The Morgan fingerprint density at radius 1 is 0.955 bits per heavy atom. The molecule has 0 atom stereocenters. The van der Waals surface area contributed by atoms with E-state index < -0.39 is 6.61 Å². The van der Waals surface area contributed by atoms with Gasteiger partial charge in [-0.15, -0.1) is 5.10 Å². The summed E-state index contributed by atoms with van der Waals surface area (Å²) in [5, 5.41) is 13.4. The van der Waals surface area contributed by atoms with E-state index in [-0.39, 0.29) is 5.75 Å². The summed E-state index contributed by atoms with van der Waals surface area (Å²) in [5.41, 5.74) is 1.56. The number of alkyl halides is 2. The number of halogens is 2. The normalized spacial score (nSPS) is 10.9. The molecule has 112 valence electrons. The summed E-state index contributed by atoms with van der Waals surface area (Å²) < 4.78 is 28.6. The van der Waals surface area contributed by atoms with E-state index in [0.29, 0.717) is 11.5 Å². The lowest BCUT2D eigenvalue weighted by Crippen LogP contribution is -2.02. The minimum absolute atomic E-state index is 0.111. The summed E-state index contributed by atoms with van der Waals surface area (Å²) in [7, 11) is 0. The molecule has 3 rings (SSSR count). The number of benzene rings is 2. The molecule has 0 aliphatic carbocycles. The monoisotopic (exact) mass is 301 g/mol. The standard InChI is InChI=1S/C16H13F2N3O/c1-10-13-4-2-3-5-14(13)15(21-20-10)19-11-6-8-12(9-7-11)22-16(17)18/h2-9,16H,1H3,(H,19,21). The van der Waals surface area contributed by atoms with Crippen LogP contribution < -0.4 is 10.1 Å². The number of aryl methyl sites for hydroxylation is 1. The van der Waals surface area contributed by atoms with E-state index >= 15 is 0 Å². The number of anilines is 2. The fourth-order valence-electron chi connectivity index (χ4n) is 2.19. The highest BCUT2D eigenvalue weighted by Gasteiger charge is 2.07. The largest absolute Gasteiger partial charge is 0.435 e. The van der Waals surface area contributed by atoms with Crippen molar-refractivity contribution in [3.8, 4) is 5.75 Å². The van der Waals surface area contributed by atoms with Gasteiger partial charge in [0, 0.05) is 16.5 Å². The maximum absolute atomic E-state index is 12.1. The minimum Gasteiger partial charge on any atom is -0.435 e. The Labute approximate surface area is 125 Å². The molecular formula is C16H13F2N3O. The summed E-state index contributed by atoms with van der Waals surface area (Å²) in [6, 6.07) is 14.0. The molecule has 2 aromatic carbocycles. The Balaban J connectivity index is 1.89. The highest BCUT2D eigenvalue weighted by atomic mass is 19.3. The van der Waals surface area contributed by atoms with Crippen molar-refractivity contribution in [1.29, 1.82) is 0 Å². The summed E-state index contributed by atoms with van der Waals surface area (Å²) in [6.07, 6.45) is 0. The zero-order valence-corrected chi connectivity index (χ0v) is 11.8. The summed E-state index contributed by atoms with van der Waals surface area (Å²) in [5.74, 6) is 0.726. The molecular weight excluding hydrogens is 288 g/mol. The lowest BCUT2D eigenvalue weighted by molar-refractivity contribution is -0.0498. The first-order valence-corrected chi connectivity index (χ1v) is 6.67. The van der Waals surface area contributed by atoms with Crippen molar-refractivity contribution in [2.45, 2.75) is 13.5 Å². The number of rotatable bonds is 4. The van der Waals surface area contributed by atoms with Gasteiger partial charge >= 0.3 is 6.61 Å². The molecule has 0 amide bonds. The predicted octanol–water partition coefficient (Wildman–Crippen LogP) is 4.28. The summed E-state index contributed by atoms with van der Waals surface area (Å²) in [6.45, 7) is -0.930. The summed E-state index contributed by atoms with van der Waals surface area (Å²) >= 11 is 0. The third-order valence-corrected chi connectivity index (χ3v) is 3.21. The lowest BCUT2D eigenvalue weighted by atomic mass is 10.1. The number of nitrogens with one attached hydrogen (secondary N) is 1. The van der Waals surface area contributed by atoms with Crippen LogP contribution in [0.1, 0.15) is 5.69 Å². The molecule has 0 aliphatic heterocycles. The second kappa shape index (κ2) is 5.93. The zero-order chi connectivity index (χ0) is 15.5. The molecule has 1 aromatic heterocycles. The number of hydrogen-bond donors (Lipinski definition) is 1. The van der Waals surface area contributed by atoms with Gasteiger partial charge in [0.05, 0.1) is 5.69 Å². The summed E-state index contributed by atoms with van der Waals surface area (Å²) in [4.78, 5) is 0. The quantitative estimate of drug-likeness (QED) is 0.781. The van der Waals surface area contributed by atoms with E-state index in [0.717, 1.165) is 16.5 Å². The Morgan fingerprint density at radius 3 is 2.32 bits per heavy atom. The first-order valence-electron chi connectivity index (χ1n) is 6.67. The van der Waals surface area contributed by atoms with Crippen molar-refractivity contribution in [1.82, 2.24) is 10.2 Å². The predicted molar refractivity (Wildman–Crippen MR) is 80.6 cm³/mol. The average molecular weight is 301 g/mol. The van der Waals surface area contributed by atoms with Crippen molar-refractivity contribution >= 4 is 22.3 Å². The highest BCUT2D eigenvalue weighted by Crippen LogP contribution is 2.26. The molecule has 0 aliphatic rings. The average Bonchev–Trinajstić information content (AvgIpc) is 2.52. The smallest absolute Gasteiger partial charge is 0.387 e. The highest BCUT2D eigenvalue weighted by molar-refractivity contribution is 5.94. The number of nitrogens with zero attached hydrogens (tertiary/aromatic N) is 2. The van der Waals surface area contributed by atoms with E-state index in [1.54, 1.807) is 12.1 Å². The van der Waals surface area contributed by atoms with E-state index in [9.17, 15) is 8.78 Å².